The van der Waals surface area contributed by atoms with Crippen molar-refractivity contribution in [3.63, 3.8) is 0 Å². The molecule has 3 rings (SSSR count). The van der Waals surface area contributed by atoms with Gasteiger partial charge in [-0.1, -0.05) is 38.0 Å². The van der Waals surface area contributed by atoms with E-state index in [1.807, 2.05) is 18.2 Å². The van der Waals surface area contributed by atoms with E-state index in [-0.39, 0.29) is 24.3 Å². The van der Waals surface area contributed by atoms with E-state index in [1.165, 1.54) is 10.5 Å². The zero-order chi connectivity index (χ0) is 14.8. The summed E-state index contributed by atoms with van der Waals surface area (Å²) in [7, 11) is 0. The van der Waals surface area contributed by atoms with E-state index in [0.29, 0.717) is 0 Å². The van der Waals surface area contributed by atoms with E-state index < -0.39 is 6.04 Å². The lowest BCUT2D eigenvalue weighted by atomic mass is 10.1. The molecule has 1 saturated carbocycles. The molecule has 4 nitrogen and oxygen atoms in total. The van der Waals surface area contributed by atoms with Gasteiger partial charge in [0.2, 0.25) is 5.91 Å². The fraction of sp³-hybridized carbons (Fsp3) is 0.529. The van der Waals surface area contributed by atoms with Crippen molar-refractivity contribution in [2.45, 2.75) is 57.5 Å². The maximum Gasteiger partial charge on any atom is 0.252 e. The molecule has 1 aliphatic carbocycles. The number of carbonyl (C=O) groups excluding carboxylic acids is 2. The molecule has 1 aromatic rings. The van der Waals surface area contributed by atoms with Crippen LogP contribution in [-0.4, -0.2) is 28.8 Å². The first-order valence-electron chi connectivity index (χ1n) is 7.91. The number of likely N-dealkylation sites (tertiary alicyclic amines) is 1. The standard InChI is InChI=1S/C17H22N2O2/c1-2-12-7-3-6-10-14(12)18-15-11-16(20)19(17(15)21)13-8-4-5-9-13/h3,6-7,10,13,15,18H,2,4-5,8-9,11H2,1H3. The number of para-hydroxylation sites is 1. The molecule has 0 spiro atoms. The molecule has 1 unspecified atom stereocenters. The highest BCUT2D eigenvalue weighted by atomic mass is 16.2. The largest absolute Gasteiger partial charge is 0.373 e. The SMILES string of the molecule is CCc1ccccc1NC1CC(=O)N(C2CCCC2)C1=O. The summed E-state index contributed by atoms with van der Waals surface area (Å²) in [6.45, 7) is 2.09. The average Bonchev–Trinajstić information content (AvgIpc) is 3.09. The summed E-state index contributed by atoms with van der Waals surface area (Å²) in [6.07, 6.45) is 5.38. The predicted molar refractivity (Wildman–Crippen MR) is 82.0 cm³/mol. The monoisotopic (exact) mass is 286 g/mol. The minimum Gasteiger partial charge on any atom is -0.373 e. The smallest absolute Gasteiger partial charge is 0.252 e. The first-order valence-corrected chi connectivity index (χ1v) is 7.91. The van der Waals surface area contributed by atoms with Gasteiger partial charge in [0.1, 0.15) is 6.04 Å². The first kappa shape index (κ1) is 14.1. The predicted octanol–water partition coefficient (Wildman–Crippen LogP) is 2.73. The van der Waals surface area contributed by atoms with Crippen LogP contribution in [0.3, 0.4) is 0 Å². The second-order valence-corrected chi connectivity index (χ2v) is 5.95. The van der Waals surface area contributed by atoms with Gasteiger partial charge >= 0.3 is 0 Å². The van der Waals surface area contributed by atoms with Crippen LogP contribution in [0.5, 0.6) is 0 Å². The second-order valence-electron chi connectivity index (χ2n) is 5.95. The van der Waals surface area contributed by atoms with Gasteiger partial charge in [0, 0.05) is 11.7 Å². The summed E-state index contributed by atoms with van der Waals surface area (Å²) < 4.78 is 0. The van der Waals surface area contributed by atoms with E-state index >= 15 is 0 Å². The lowest BCUT2D eigenvalue weighted by molar-refractivity contribution is -0.141. The number of rotatable bonds is 4. The number of carbonyl (C=O) groups is 2. The van der Waals surface area contributed by atoms with Gasteiger partial charge in [-0.15, -0.1) is 0 Å². The third-order valence-electron chi connectivity index (χ3n) is 4.60. The summed E-state index contributed by atoms with van der Waals surface area (Å²) in [6, 6.07) is 7.73. The Morgan fingerprint density at radius 2 is 1.90 bits per heavy atom. The molecule has 2 amide bonds. The number of benzene rings is 1. The van der Waals surface area contributed by atoms with Crippen molar-refractivity contribution in [1.82, 2.24) is 4.90 Å². The fourth-order valence-electron chi connectivity index (χ4n) is 3.47. The summed E-state index contributed by atoms with van der Waals surface area (Å²) in [5, 5.41) is 3.28. The highest BCUT2D eigenvalue weighted by Crippen LogP contribution is 2.29. The molecule has 2 fully saturated rings. The van der Waals surface area contributed by atoms with Crippen molar-refractivity contribution >= 4 is 17.5 Å². The number of nitrogens with one attached hydrogen (secondary N) is 1. The van der Waals surface area contributed by atoms with E-state index in [2.05, 4.69) is 18.3 Å². The van der Waals surface area contributed by atoms with E-state index in [4.69, 9.17) is 0 Å². The Balaban J connectivity index is 1.75. The van der Waals surface area contributed by atoms with Crippen LogP contribution in [0.4, 0.5) is 5.69 Å². The van der Waals surface area contributed by atoms with Gasteiger partial charge in [-0.3, -0.25) is 14.5 Å². The highest BCUT2D eigenvalue weighted by molar-refractivity contribution is 6.07. The third kappa shape index (κ3) is 2.67. The molecule has 1 N–H and O–H groups in total. The number of aryl methyl sites for hydroxylation is 1. The topological polar surface area (TPSA) is 49.4 Å². The van der Waals surface area contributed by atoms with Crippen LogP contribution in [-0.2, 0) is 16.0 Å². The van der Waals surface area contributed by atoms with Gasteiger partial charge in [-0.25, -0.2) is 0 Å². The molecule has 1 aliphatic heterocycles. The lowest BCUT2D eigenvalue weighted by Gasteiger charge is -2.22. The number of anilines is 1. The molecular weight excluding hydrogens is 264 g/mol. The molecule has 21 heavy (non-hydrogen) atoms. The van der Waals surface area contributed by atoms with Crippen molar-refractivity contribution in [2.24, 2.45) is 0 Å². The van der Waals surface area contributed by atoms with Crippen molar-refractivity contribution < 1.29 is 9.59 Å². The zero-order valence-corrected chi connectivity index (χ0v) is 12.5. The number of amides is 2. The average molecular weight is 286 g/mol. The van der Waals surface area contributed by atoms with Gasteiger partial charge in [0.25, 0.3) is 5.91 Å². The number of nitrogens with zero attached hydrogens (tertiary/aromatic N) is 1. The highest BCUT2D eigenvalue weighted by Gasteiger charge is 2.43. The maximum atomic E-state index is 12.5. The van der Waals surface area contributed by atoms with E-state index in [1.54, 1.807) is 0 Å². The van der Waals surface area contributed by atoms with Gasteiger partial charge in [0.05, 0.1) is 6.42 Å². The van der Waals surface area contributed by atoms with Crippen molar-refractivity contribution in [3.8, 4) is 0 Å². The maximum absolute atomic E-state index is 12.5. The van der Waals surface area contributed by atoms with Crippen LogP contribution in [0.2, 0.25) is 0 Å². The Kier molecular flexibility index (Phi) is 3.95. The molecular formula is C17H22N2O2. The minimum absolute atomic E-state index is 0.0154. The second kappa shape index (κ2) is 5.88. The summed E-state index contributed by atoms with van der Waals surface area (Å²) in [5.74, 6) is -0.0591. The van der Waals surface area contributed by atoms with Crippen molar-refractivity contribution in [2.75, 3.05) is 5.32 Å². The first-order chi connectivity index (χ1) is 10.2. The van der Waals surface area contributed by atoms with Crippen LogP contribution in [0, 0.1) is 0 Å². The van der Waals surface area contributed by atoms with Gasteiger partial charge in [-0.05, 0) is 30.9 Å². The normalized spacial score (nSPS) is 23.1. The molecule has 0 aromatic heterocycles. The van der Waals surface area contributed by atoms with Gasteiger partial charge in [0.15, 0.2) is 0 Å². The molecule has 4 heteroatoms. The van der Waals surface area contributed by atoms with Crippen molar-refractivity contribution in [1.29, 1.82) is 0 Å². The molecule has 1 heterocycles. The molecule has 0 radical (unpaired) electrons. The Morgan fingerprint density at radius 3 is 2.62 bits per heavy atom. The lowest BCUT2D eigenvalue weighted by Crippen LogP contribution is -2.41. The van der Waals surface area contributed by atoms with Gasteiger partial charge < -0.3 is 5.32 Å². The minimum atomic E-state index is -0.397. The Labute approximate surface area is 125 Å². The van der Waals surface area contributed by atoms with E-state index in [9.17, 15) is 9.59 Å². The van der Waals surface area contributed by atoms with Crippen LogP contribution in [0.25, 0.3) is 0 Å². The van der Waals surface area contributed by atoms with Crippen LogP contribution < -0.4 is 5.32 Å². The molecule has 112 valence electrons. The molecule has 1 atom stereocenters. The summed E-state index contributed by atoms with van der Waals surface area (Å²) in [5.41, 5.74) is 2.15. The molecule has 0 bridgehead atoms. The molecule has 1 saturated heterocycles. The third-order valence-corrected chi connectivity index (χ3v) is 4.60. The van der Waals surface area contributed by atoms with E-state index in [0.717, 1.165) is 37.8 Å². The quantitative estimate of drug-likeness (QED) is 0.866. The van der Waals surface area contributed by atoms with Gasteiger partial charge in [-0.2, -0.15) is 0 Å². The number of hydrogen-bond donors (Lipinski definition) is 1. The Hall–Kier alpha value is -1.84. The Bertz CT molecular complexity index is 549. The van der Waals surface area contributed by atoms with Crippen LogP contribution in [0.1, 0.15) is 44.6 Å². The Morgan fingerprint density at radius 1 is 1.19 bits per heavy atom. The van der Waals surface area contributed by atoms with Crippen LogP contribution >= 0.6 is 0 Å². The summed E-state index contributed by atoms with van der Waals surface area (Å²) >= 11 is 0. The van der Waals surface area contributed by atoms with Crippen molar-refractivity contribution in [3.05, 3.63) is 29.8 Å². The molecule has 1 aromatic carbocycles. The molecule has 2 aliphatic rings. The zero-order valence-electron chi connectivity index (χ0n) is 12.5. The fourth-order valence-corrected chi connectivity index (χ4v) is 3.47. The number of imide groups is 1. The number of hydrogen-bond acceptors (Lipinski definition) is 3. The summed E-state index contributed by atoms with van der Waals surface area (Å²) in [4.78, 5) is 26.3. The van der Waals surface area contributed by atoms with Crippen LogP contribution in [0.15, 0.2) is 24.3 Å².